The third-order valence-corrected chi connectivity index (χ3v) is 2.83. The van der Waals surface area contributed by atoms with Crippen LogP contribution >= 0.6 is 15.9 Å². The molecule has 0 spiro atoms. The maximum Gasteiger partial charge on any atom is 0.253 e. The first-order chi connectivity index (χ1) is 8.06. The minimum atomic E-state index is -1.14. The van der Waals surface area contributed by atoms with Crippen molar-refractivity contribution in [2.75, 3.05) is 0 Å². The van der Waals surface area contributed by atoms with Gasteiger partial charge in [0.25, 0.3) is 5.43 Å². The van der Waals surface area contributed by atoms with E-state index in [0.29, 0.717) is 10.9 Å². The van der Waals surface area contributed by atoms with Gasteiger partial charge in [-0.1, -0.05) is 15.9 Å². The van der Waals surface area contributed by atoms with E-state index in [9.17, 15) is 14.7 Å². The Hall–Kier alpha value is -1.69. The molecule has 0 fully saturated rings. The van der Waals surface area contributed by atoms with Gasteiger partial charge in [-0.2, -0.15) is 5.10 Å². The maximum atomic E-state index is 11.8. The zero-order chi connectivity index (χ0) is 12.4. The average Bonchev–Trinajstić information content (AvgIpc) is 2.27. The lowest BCUT2D eigenvalue weighted by Gasteiger charge is -2.00. The standard InChI is InChI=1S/C11H9BrN2O3/c12-7-1-2-9-8(5-7)10(15)6-14(13-9)4-3-11(16)17/h1-2,5-6H,3-4H2,(H-,13,15,16,17). The quantitative estimate of drug-likeness (QED) is 0.791. The molecule has 1 aromatic carbocycles. The van der Waals surface area contributed by atoms with Crippen molar-refractivity contribution in [3.8, 4) is 0 Å². The summed E-state index contributed by atoms with van der Waals surface area (Å²) < 4.78 is 2.27. The number of benzene rings is 1. The Bertz CT molecular complexity index is 636. The Morgan fingerprint density at radius 1 is 1.47 bits per heavy atom. The lowest BCUT2D eigenvalue weighted by Crippen LogP contribution is -2.43. The number of halogens is 1. The molecular weight excluding hydrogens is 288 g/mol. The van der Waals surface area contributed by atoms with Crippen LogP contribution in [0.5, 0.6) is 0 Å². The van der Waals surface area contributed by atoms with Gasteiger partial charge in [0, 0.05) is 16.9 Å². The number of H-pyrrole nitrogens is 1. The van der Waals surface area contributed by atoms with Crippen molar-refractivity contribution < 1.29 is 14.6 Å². The van der Waals surface area contributed by atoms with Crippen molar-refractivity contribution in [2.24, 2.45) is 0 Å². The molecule has 0 radical (unpaired) electrons. The first-order valence-corrected chi connectivity index (χ1v) is 5.77. The van der Waals surface area contributed by atoms with Gasteiger partial charge in [0.2, 0.25) is 6.20 Å². The highest BCUT2D eigenvalue weighted by Crippen LogP contribution is 2.13. The fourth-order valence-electron chi connectivity index (χ4n) is 1.55. The van der Waals surface area contributed by atoms with Crippen molar-refractivity contribution in [1.82, 2.24) is 5.10 Å². The van der Waals surface area contributed by atoms with Gasteiger partial charge in [-0.15, -0.1) is 4.68 Å². The molecule has 0 aliphatic heterocycles. The Morgan fingerprint density at radius 2 is 2.24 bits per heavy atom. The summed E-state index contributed by atoms with van der Waals surface area (Å²) in [6.45, 7) is 0.184. The van der Waals surface area contributed by atoms with Crippen LogP contribution in [0.3, 0.4) is 0 Å². The predicted molar refractivity (Wildman–Crippen MR) is 62.1 cm³/mol. The third-order valence-electron chi connectivity index (χ3n) is 2.34. The summed E-state index contributed by atoms with van der Waals surface area (Å²) in [5, 5.41) is 13.9. The van der Waals surface area contributed by atoms with Crippen molar-refractivity contribution in [3.63, 3.8) is 0 Å². The summed E-state index contributed by atoms with van der Waals surface area (Å²) >= 11 is 3.29. The second kappa shape index (κ2) is 4.67. The monoisotopic (exact) mass is 296 g/mol. The second-order valence-corrected chi connectivity index (χ2v) is 4.53. The van der Waals surface area contributed by atoms with Crippen molar-refractivity contribution in [2.45, 2.75) is 13.0 Å². The number of fused-ring (bicyclic) bond motifs is 1. The molecule has 6 heteroatoms. The number of hydrogen-bond donors (Lipinski definition) is 1. The maximum absolute atomic E-state index is 11.8. The van der Waals surface area contributed by atoms with Crippen molar-refractivity contribution in [1.29, 1.82) is 0 Å². The number of carbonyl (C=O) groups excluding carboxylic acids is 1. The Kier molecular flexibility index (Phi) is 3.23. The highest BCUT2D eigenvalue weighted by atomic mass is 79.9. The number of carboxylic acid groups (broad SMARTS) is 1. The van der Waals surface area contributed by atoms with Crippen LogP contribution in [-0.2, 0) is 11.3 Å². The minimum Gasteiger partial charge on any atom is -0.550 e. The zero-order valence-corrected chi connectivity index (χ0v) is 10.4. The van der Waals surface area contributed by atoms with Crippen LogP contribution in [0.1, 0.15) is 6.42 Å². The smallest absolute Gasteiger partial charge is 0.253 e. The zero-order valence-electron chi connectivity index (χ0n) is 8.77. The van der Waals surface area contributed by atoms with Gasteiger partial charge in [0.15, 0.2) is 6.54 Å². The van der Waals surface area contributed by atoms with Gasteiger partial charge in [0.05, 0.1) is 5.39 Å². The van der Waals surface area contributed by atoms with Crippen molar-refractivity contribution >= 4 is 32.8 Å². The molecule has 0 saturated heterocycles. The van der Waals surface area contributed by atoms with E-state index in [1.807, 2.05) is 0 Å². The fourth-order valence-corrected chi connectivity index (χ4v) is 1.91. The van der Waals surface area contributed by atoms with Gasteiger partial charge >= 0.3 is 0 Å². The molecule has 0 unspecified atom stereocenters. The van der Waals surface area contributed by atoms with Crippen LogP contribution < -0.4 is 15.2 Å². The normalized spacial score (nSPS) is 10.6. The molecule has 88 valence electrons. The Labute approximate surface area is 105 Å². The van der Waals surface area contributed by atoms with Gasteiger partial charge in [-0.25, -0.2) is 0 Å². The number of carbonyl (C=O) groups is 1. The van der Waals surface area contributed by atoms with Crippen molar-refractivity contribution in [3.05, 3.63) is 39.1 Å². The molecule has 1 N–H and O–H groups in total. The summed E-state index contributed by atoms with van der Waals surface area (Å²) in [7, 11) is 0. The molecule has 2 rings (SSSR count). The highest BCUT2D eigenvalue weighted by molar-refractivity contribution is 9.10. The molecule has 2 aromatic rings. The van der Waals surface area contributed by atoms with Crippen LogP contribution in [-0.4, -0.2) is 11.1 Å². The van der Waals surface area contributed by atoms with Gasteiger partial charge in [0.1, 0.15) is 5.52 Å². The van der Waals surface area contributed by atoms with Gasteiger partial charge in [-0.3, -0.25) is 4.79 Å². The van der Waals surface area contributed by atoms with Gasteiger partial charge < -0.3 is 9.90 Å². The number of aromatic amines is 1. The largest absolute Gasteiger partial charge is 0.550 e. The molecular formula is C11H9BrN2O3. The first-order valence-electron chi connectivity index (χ1n) is 4.98. The van der Waals surface area contributed by atoms with E-state index >= 15 is 0 Å². The van der Waals surface area contributed by atoms with E-state index in [0.717, 1.165) is 4.47 Å². The van der Waals surface area contributed by atoms with Crippen LogP contribution in [0.25, 0.3) is 10.9 Å². The molecule has 0 saturated carbocycles. The molecule has 0 amide bonds. The number of aliphatic carboxylic acids is 1. The third kappa shape index (κ3) is 2.71. The number of aromatic nitrogens is 2. The molecule has 0 atom stereocenters. The molecule has 5 nitrogen and oxygen atoms in total. The number of aryl methyl sites for hydroxylation is 1. The molecule has 0 bridgehead atoms. The van der Waals surface area contributed by atoms with E-state index in [1.165, 1.54) is 10.9 Å². The SMILES string of the molecule is O=C([O-])CC[n+]1cc(=O)c2cc(Br)ccc2[nH]1. The molecule has 1 aromatic heterocycles. The summed E-state index contributed by atoms with van der Waals surface area (Å²) in [5.74, 6) is -1.14. The summed E-state index contributed by atoms with van der Waals surface area (Å²) in [6, 6.07) is 5.29. The number of hydrogen-bond acceptors (Lipinski definition) is 3. The van der Waals surface area contributed by atoms with Crippen LogP contribution in [0.15, 0.2) is 33.7 Å². The van der Waals surface area contributed by atoms with E-state index in [1.54, 1.807) is 18.2 Å². The molecule has 0 aliphatic carbocycles. The van der Waals surface area contributed by atoms with Crippen LogP contribution in [0.4, 0.5) is 0 Å². The van der Waals surface area contributed by atoms with E-state index < -0.39 is 5.97 Å². The minimum absolute atomic E-state index is 0.136. The van der Waals surface area contributed by atoms with Gasteiger partial charge in [-0.05, 0) is 18.2 Å². The van der Waals surface area contributed by atoms with Crippen LogP contribution in [0.2, 0.25) is 0 Å². The summed E-state index contributed by atoms with van der Waals surface area (Å²) in [4.78, 5) is 22.1. The van der Waals surface area contributed by atoms with E-state index in [-0.39, 0.29) is 18.4 Å². The van der Waals surface area contributed by atoms with E-state index in [2.05, 4.69) is 21.0 Å². The highest BCUT2D eigenvalue weighted by Gasteiger charge is 2.08. The molecule has 0 aliphatic rings. The average molecular weight is 297 g/mol. The van der Waals surface area contributed by atoms with E-state index in [4.69, 9.17) is 0 Å². The number of rotatable bonds is 3. The second-order valence-electron chi connectivity index (χ2n) is 3.61. The Morgan fingerprint density at radius 3 is 2.94 bits per heavy atom. The predicted octanol–water partition coefficient (Wildman–Crippen LogP) is -0.282. The summed E-state index contributed by atoms with van der Waals surface area (Å²) in [5.41, 5.74) is 0.512. The Balaban J connectivity index is 2.45. The molecule has 17 heavy (non-hydrogen) atoms. The number of carboxylic acids is 1. The summed E-state index contributed by atoms with van der Waals surface area (Å²) in [6.07, 6.45) is 1.21. The lowest BCUT2D eigenvalue weighted by atomic mass is 10.2. The lowest BCUT2D eigenvalue weighted by molar-refractivity contribution is -0.751. The number of nitrogens with one attached hydrogen (secondary N) is 1. The topological polar surface area (TPSA) is 76.9 Å². The van der Waals surface area contributed by atoms with Crippen LogP contribution in [0, 0.1) is 0 Å². The first kappa shape index (κ1) is 11.8. The number of nitrogens with zero attached hydrogens (tertiary/aromatic N) is 1. The fraction of sp³-hybridized carbons (Fsp3) is 0.182. The molecule has 1 heterocycles.